The van der Waals surface area contributed by atoms with Gasteiger partial charge in [-0.25, -0.2) is 0 Å². The lowest BCUT2D eigenvalue weighted by molar-refractivity contribution is 0.0582. The van der Waals surface area contributed by atoms with E-state index in [1.807, 2.05) is 0 Å². The third kappa shape index (κ3) is 2.37. The Morgan fingerprint density at radius 1 is 1.03 bits per heavy atom. The maximum absolute atomic E-state index is 7.09. The summed E-state index contributed by atoms with van der Waals surface area (Å²) in [5.74, 6) is 2.16. The maximum atomic E-state index is 7.09. The number of benzene rings is 2. The second-order valence-corrected chi connectivity index (χ2v) is 11.3. The van der Waals surface area contributed by atoms with E-state index in [4.69, 9.17) is 9.15 Å². The first-order valence-electron chi connectivity index (χ1n) is 12.0. The molecule has 1 unspecified atom stereocenters. The number of aryl methyl sites for hydroxylation is 2. The minimum atomic E-state index is -0.559. The van der Waals surface area contributed by atoms with Crippen molar-refractivity contribution in [2.24, 2.45) is 0 Å². The van der Waals surface area contributed by atoms with E-state index in [1.165, 1.54) is 51.9 Å². The molecule has 1 spiro atoms. The van der Waals surface area contributed by atoms with Crippen molar-refractivity contribution in [3.05, 3.63) is 64.4 Å². The molecule has 0 fully saturated rings. The van der Waals surface area contributed by atoms with Crippen LogP contribution in [-0.4, -0.2) is 12.8 Å². The zero-order valence-electron chi connectivity index (χ0n) is 20.1. The SMILES string of the molecule is CN1c2ccccc2C(C)(C)C12C=Cc1c(cc(C(C)(C)C)c3oc4c(c13)CCCC4)O2. The molecule has 3 heterocycles. The van der Waals surface area contributed by atoms with Crippen LogP contribution in [0.1, 0.15) is 75.5 Å². The van der Waals surface area contributed by atoms with E-state index >= 15 is 0 Å². The van der Waals surface area contributed by atoms with Crippen LogP contribution >= 0.6 is 0 Å². The number of fused-ring (bicyclic) bond motifs is 6. The van der Waals surface area contributed by atoms with E-state index in [1.54, 1.807) is 0 Å². The lowest BCUT2D eigenvalue weighted by Crippen LogP contribution is -2.58. The number of hydrogen-bond donors (Lipinski definition) is 0. The summed E-state index contributed by atoms with van der Waals surface area (Å²) in [6.45, 7) is 11.4. The Labute approximate surface area is 191 Å². The summed E-state index contributed by atoms with van der Waals surface area (Å²) in [5.41, 5.74) is 6.67. The smallest absolute Gasteiger partial charge is 0.211 e. The Morgan fingerprint density at radius 3 is 2.53 bits per heavy atom. The molecule has 0 amide bonds. The van der Waals surface area contributed by atoms with Crippen LogP contribution in [0.25, 0.3) is 17.0 Å². The highest BCUT2D eigenvalue weighted by Gasteiger charge is 2.57. The van der Waals surface area contributed by atoms with Crippen LogP contribution in [0.2, 0.25) is 0 Å². The van der Waals surface area contributed by atoms with Gasteiger partial charge >= 0.3 is 0 Å². The van der Waals surface area contributed by atoms with Crippen LogP contribution < -0.4 is 9.64 Å². The molecule has 1 aliphatic carbocycles. The number of ether oxygens (including phenoxy) is 1. The fraction of sp³-hybridized carbons (Fsp3) is 0.448. The Kier molecular flexibility index (Phi) is 3.88. The molecule has 3 aromatic rings. The summed E-state index contributed by atoms with van der Waals surface area (Å²) in [6, 6.07) is 10.9. The second kappa shape index (κ2) is 6.21. The molecule has 3 nitrogen and oxygen atoms in total. The van der Waals surface area contributed by atoms with Gasteiger partial charge in [0.05, 0.1) is 5.41 Å². The van der Waals surface area contributed by atoms with Crippen molar-refractivity contribution in [1.82, 2.24) is 0 Å². The van der Waals surface area contributed by atoms with Gasteiger partial charge in [-0.1, -0.05) is 39.0 Å². The average Bonchev–Trinajstić information content (AvgIpc) is 3.22. The van der Waals surface area contributed by atoms with Crippen LogP contribution in [0, 0.1) is 0 Å². The van der Waals surface area contributed by atoms with Gasteiger partial charge in [-0.2, -0.15) is 0 Å². The van der Waals surface area contributed by atoms with Crippen molar-refractivity contribution in [1.29, 1.82) is 0 Å². The first kappa shape index (κ1) is 20.0. The first-order valence-corrected chi connectivity index (χ1v) is 12.0. The maximum Gasteiger partial charge on any atom is 0.211 e. The molecular weight excluding hydrogens is 394 g/mol. The van der Waals surface area contributed by atoms with Crippen molar-refractivity contribution in [3.8, 4) is 5.75 Å². The molecule has 0 saturated heterocycles. The van der Waals surface area contributed by atoms with Crippen molar-refractivity contribution in [2.45, 2.75) is 76.9 Å². The molecule has 0 bridgehead atoms. The Morgan fingerprint density at radius 2 is 1.78 bits per heavy atom. The highest BCUT2D eigenvalue weighted by Crippen LogP contribution is 2.55. The number of hydrogen-bond acceptors (Lipinski definition) is 3. The van der Waals surface area contributed by atoms with Gasteiger partial charge in [-0.05, 0) is 68.4 Å². The minimum Gasteiger partial charge on any atom is -0.463 e. The number of furan rings is 1. The van der Waals surface area contributed by atoms with E-state index in [2.05, 4.69) is 89.1 Å². The quantitative estimate of drug-likeness (QED) is 0.381. The zero-order valence-corrected chi connectivity index (χ0v) is 20.1. The van der Waals surface area contributed by atoms with Gasteiger partial charge in [0.15, 0.2) is 0 Å². The molecule has 2 aromatic carbocycles. The van der Waals surface area contributed by atoms with E-state index in [-0.39, 0.29) is 10.8 Å². The molecule has 1 atom stereocenters. The summed E-state index contributed by atoms with van der Waals surface area (Å²) in [7, 11) is 2.16. The third-order valence-corrected chi connectivity index (χ3v) is 8.11. The number of anilines is 1. The molecule has 3 heteroatoms. The van der Waals surface area contributed by atoms with E-state index in [0.29, 0.717) is 0 Å². The van der Waals surface area contributed by atoms with Gasteiger partial charge in [0.2, 0.25) is 5.72 Å². The highest BCUT2D eigenvalue weighted by atomic mass is 16.5. The van der Waals surface area contributed by atoms with Crippen LogP contribution in [-0.2, 0) is 23.7 Å². The van der Waals surface area contributed by atoms with Crippen LogP contribution in [0.5, 0.6) is 5.75 Å². The van der Waals surface area contributed by atoms with E-state index < -0.39 is 5.72 Å². The minimum absolute atomic E-state index is 0.0362. The molecule has 2 aliphatic heterocycles. The molecule has 1 aromatic heterocycles. The van der Waals surface area contributed by atoms with Gasteiger partial charge in [0, 0.05) is 41.2 Å². The third-order valence-electron chi connectivity index (χ3n) is 8.11. The monoisotopic (exact) mass is 427 g/mol. The van der Waals surface area contributed by atoms with Gasteiger partial charge < -0.3 is 14.1 Å². The lowest BCUT2D eigenvalue weighted by atomic mass is 9.76. The lowest BCUT2D eigenvalue weighted by Gasteiger charge is -2.46. The van der Waals surface area contributed by atoms with Gasteiger partial charge in [-0.3, -0.25) is 0 Å². The van der Waals surface area contributed by atoms with Crippen LogP contribution in [0.4, 0.5) is 5.69 Å². The fourth-order valence-electron chi connectivity index (χ4n) is 6.25. The Balaban J connectivity index is 1.61. The predicted molar refractivity (Wildman–Crippen MR) is 132 cm³/mol. The number of likely N-dealkylation sites (N-methyl/N-ethyl adjacent to an activating group) is 1. The predicted octanol–water partition coefficient (Wildman–Crippen LogP) is 7.14. The van der Waals surface area contributed by atoms with Crippen molar-refractivity contribution >= 4 is 22.7 Å². The molecule has 166 valence electrons. The zero-order chi connectivity index (χ0) is 22.5. The molecule has 6 rings (SSSR count). The average molecular weight is 428 g/mol. The number of para-hydroxylation sites is 1. The first-order chi connectivity index (χ1) is 15.1. The Bertz CT molecular complexity index is 1290. The van der Waals surface area contributed by atoms with Gasteiger partial charge in [0.1, 0.15) is 17.1 Å². The number of rotatable bonds is 0. The summed E-state index contributed by atoms with van der Waals surface area (Å²) >= 11 is 0. The van der Waals surface area contributed by atoms with Crippen molar-refractivity contribution in [2.75, 3.05) is 11.9 Å². The summed E-state index contributed by atoms with van der Waals surface area (Å²) in [6.07, 6.45) is 9.18. The fourth-order valence-corrected chi connectivity index (χ4v) is 6.25. The van der Waals surface area contributed by atoms with Crippen LogP contribution in [0.15, 0.2) is 40.8 Å². The Hall–Kier alpha value is -2.68. The molecule has 0 saturated carbocycles. The molecule has 3 aliphatic rings. The normalized spacial score (nSPS) is 23.2. The van der Waals surface area contributed by atoms with Gasteiger partial charge in [0.25, 0.3) is 0 Å². The standard InChI is InChI=1S/C29H33NO2/c1-27(2,3)21-17-24-19(25-18-11-7-10-14-23(18)31-26(21)25)15-16-29(32-24)28(4,5)20-12-8-9-13-22(20)30(29)6/h8-9,12-13,15-17H,7,10-11,14H2,1-6H3. The van der Waals surface area contributed by atoms with Crippen LogP contribution in [0.3, 0.4) is 0 Å². The topological polar surface area (TPSA) is 25.6 Å². The second-order valence-electron chi connectivity index (χ2n) is 11.3. The van der Waals surface area contributed by atoms with Crippen molar-refractivity contribution in [3.63, 3.8) is 0 Å². The van der Waals surface area contributed by atoms with Gasteiger partial charge in [-0.15, -0.1) is 0 Å². The molecule has 0 N–H and O–H groups in total. The molecule has 32 heavy (non-hydrogen) atoms. The summed E-state index contributed by atoms with van der Waals surface area (Å²) in [5, 5.41) is 1.28. The van der Waals surface area contributed by atoms with E-state index in [0.717, 1.165) is 24.2 Å². The largest absolute Gasteiger partial charge is 0.463 e. The highest BCUT2D eigenvalue weighted by molar-refractivity contribution is 5.97. The molecular formula is C29H33NO2. The summed E-state index contributed by atoms with van der Waals surface area (Å²) < 4.78 is 13.6. The van der Waals surface area contributed by atoms with E-state index in [9.17, 15) is 0 Å². The summed E-state index contributed by atoms with van der Waals surface area (Å²) in [4.78, 5) is 2.31. The molecule has 0 radical (unpaired) electrons. The van der Waals surface area contributed by atoms with Crippen molar-refractivity contribution < 1.29 is 9.15 Å². The number of nitrogens with zero attached hydrogens (tertiary/aromatic N) is 1.